The molecule has 5 N–H and O–H groups in total. The number of halogens is 1. The summed E-state index contributed by atoms with van der Waals surface area (Å²) in [5, 5.41) is 14.7. The van der Waals surface area contributed by atoms with Crippen LogP contribution in [0.3, 0.4) is 0 Å². The third kappa shape index (κ3) is 5.94. The van der Waals surface area contributed by atoms with E-state index in [0.29, 0.717) is 22.8 Å². The molecule has 0 fully saturated rings. The van der Waals surface area contributed by atoms with E-state index in [4.69, 9.17) is 22.1 Å². The summed E-state index contributed by atoms with van der Waals surface area (Å²) in [6.07, 6.45) is 0.667. The number of ether oxygens (including phenoxy) is 1. The van der Waals surface area contributed by atoms with E-state index < -0.39 is 18.1 Å². The molecular weight excluding hydrogens is 334 g/mol. The van der Waals surface area contributed by atoms with E-state index in [2.05, 4.69) is 23.8 Å². The van der Waals surface area contributed by atoms with Crippen LogP contribution >= 0.6 is 11.6 Å². The number of hydrogen-bond donors (Lipinski definition) is 4. The van der Waals surface area contributed by atoms with Crippen molar-refractivity contribution < 1.29 is 19.4 Å². The lowest BCUT2D eigenvalue weighted by Crippen LogP contribution is -2.45. The topological polar surface area (TPSA) is 114 Å². The highest BCUT2D eigenvalue weighted by molar-refractivity contribution is 6.32. The van der Waals surface area contributed by atoms with Gasteiger partial charge in [0, 0.05) is 17.8 Å². The van der Waals surface area contributed by atoms with Gasteiger partial charge >= 0.3 is 12.1 Å². The van der Waals surface area contributed by atoms with Gasteiger partial charge in [0.05, 0.1) is 11.6 Å². The van der Waals surface area contributed by atoms with Gasteiger partial charge in [0.2, 0.25) is 0 Å². The molecule has 8 heteroatoms. The number of benzene rings is 1. The summed E-state index contributed by atoms with van der Waals surface area (Å²) in [6, 6.07) is 4.06. The number of carboxylic acids is 1. The fraction of sp³-hybridized carbons (Fsp3) is 0.250. The number of alkyl carbamates (subject to hydrolysis) is 1. The maximum atomic E-state index is 11.4. The maximum absolute atomic E-state index is 11.4. The van der Waals surface area contributed by atoms with Gasteiger partial charge in [-0.2, -0.15) is 0 Å². The van der Waals surface area contributed by atoms with Gasteiger partial charge in [0.1, 0.15) is 12.6 Å². The van der Waals surface area contributed by atoms with Gasteiger partial charge in [-0.1, -0.05) is 43.0 Å². The van der Waals surface area contributed by atoms with Crippen molar-refractivity contribution in [2.75, 3.05) is 13.2 Å². The highest BCUT2D eigenvalue weighted by Crippen LogP contribution is 2.23. The Bertz CT molecular complexity index is 634. The van der Waals surface area contributed by atoms with Gasteiger partial charge in [-0.25, -0.2) is 9.59 Å². The number of hydrogen-bond acceptors (Lipinski definition) is 5. The van der Waals surface area contributed by atoms with Crippen LogP contribution in [0.4, 0.5) is 4.79 Å². The Morgan fingerprint density at radius 1 is 1.46 bits per heavy atom. The SMILES string of the molecule is C=CCOC(=O)NC[C@H](NC(=C)c1ccc(CN)cc1Cl)C(=O)O. The molecule has 0 aliphatic carbocycles. The van der Waals surface area contributed by atoms with Gasteiger partial charge in [-0.05, 0) is 11.6 Å². The van der Waals surface area contributed by atoms with Crippen LogP contribution in [0.1, 0.15) is 11.1 Å². The van der Waals surface area contributed by atoms with Crippen LogP contribution in [-0.4, -0.2) is 36.4 Å². The van der Waals surface area contributed by atoms with Gasteiger partial charge in [0.15, 0.2) is 0 Å². The van der Waals surface area contributed by atoms with Crippen molar-refractivity contribution in [3.8, 4) is 0 Å². The summed E-state index contributed by atoms with van der Waals surface area (Å²) in [5.74, 6) is -1.16. The molecule has 0 heterocycles. The van der Waals surface area contributed by atoms with Gasteiger partial charge in [-0.3, -0.25) is 0 Å². The molecular formula is C16H20ClN3O4. The lowest BCUT2D eigenvalue weighted by Gasteiger charge is -2.19. The van der Waals surface area contributed by atoms with E-state index >= 15 is 0 Å². The maximum Gasteiger partial charge on any atom is 0.407 e. The lowest BCUT2D eigenvalue weighted by molar-refractivity contribution is -0.138. The second-order valence-corrected chi connectivity index (χ2v) is 5.21. The molecule has 0 bridgehead atoms. The number of carbonyl (C=O) groups excluding carboxylic acids is 1. The molecule has 0 aromatic heterocycles. The minimum Gasteiger partial charge on any atom is -0.480 e. The minimum absolute atomic E-state index is 0.0345. The molecule has 1 amide bonds. The van der Waals surface area contributed by atoms with Crippen LogP contribution < -0.4 is 16.4 Å². The van der Waals surface area contributed by atoms with Crippen molar-refractivity contribution in [1.29, 1.82) is 0 Å². The lowest BCUT2D eigenvalue weighted by atomic mass is 10.1. The average molecular weight is 354 g/mol. The van der Waals surface area contributed by atoms with E-state index in [1.54, 1.807) is 18.2 Å². The quantitative estimate of drug-likeness (QED) is 0.503. The van der Waals surface area contributed by atoms with Gasteiger partial charge < -0.3 is 26.2 Å². The van der Waals surface area contributed by atoms with Crippen molar-refractivity contribution in [2.45, 2.75) is 12.6 Å². The smallest absolute Gasteiger partial charge is 0.407 e. The van der Waals surface area contributed by atoms with Crippen LogP contribution in [0.2, 0.25) is 5.02 Å². The minimum atomic E-state index is -1.16. The molecule has 0 radical (unpaired) electrons. The molecule has 130 valence electrons. The highest BCUT2D eigenvalue weighted by Gasteiger charge is 2.20. The number of carboxylic acid groups (broad SMARTS) is 1. The Kier molecular flexibility index (Phi) is 7.81. The first-order valence-corrected chi connectivity index (χ1v) is 7.45. The average Bonchev–Trinajstić information content (AvgIpc) is 2.55. The Morgan fingerprint density at radius 2 is 2.17 bits per heavy atom. The molecule has 1 aromatic rings. The molecule has 1 atom stereocenters. The van der Waals surface area contributed by atoms with Crippen molar-refractivity contribution in [3.63, 3.8) is 0 Å². The zero-order valence-electron chi connectivity index (χ0n) is 13.0. The Hall–Kier alpha value is -2.51. The van der Waals surface area contributed by atoms with Crippen molar-refractivity contribution >= 4 is 29.4 Å². The van der Waals surface area contributed by atoms with E-state index in [0.717, 1.165) is 5.56 Å². The standard InChI is InChI=1S/C16H20ClN3O4/c1-3-6-24-16(23)19-9-14(15(21)22)20-10(2)12-5-4-11(8-18)7-13(12)17/h3-5,7,14,20H,1-2,6,8-9,18H2,(H,19,23)(H,21,22)/t14-/m0/s1. The summed E-state index contributed by atoms with van der Waals surface area (Å²) < 4.78 is 4.71. The zero-order chi connectivity index (χ0) is 18.1. The number of amides is 1. The van der Waals surface area contributed by atoms with Crippen LogP contribution in [0.25, 0.3) is 5.70 Å². The Labute approximate surface area is 145 Å². The number of aliphatic carboxylic acids is 1. The number of carbonyl (C=O) groups is 2. The summed E-state index contributed by atoms with van der Waals surface area (Å²) in [5.41, 5.74) is 7.25. The highest BCUT2D eigenvalue weighted by atomic mass is 35.5. The fourth-order valence-corrected chi connectivity index (χ4v) is 2.11. The third-order valence-corrected chi connectivity index (χ3v) is 3.34. The Morgan fingerprint density at radius 3 is 2.71 bits per heavy atom. The molecule has 24 heavy (non-hydrogen) atoms. The summed E-state index contributed by atoms with van der Waals surface area (Å²) >= 11 is 6.15. The fourth-order valence-electron chi connectivity index (χ4n) is 1.79. The molecule has 0 spiro atoms. The Balaban J connectivity index is 2.71. The predicted molar refractivity (Wildman–Crippen MR) is 92.5 cm³/mol. The van der Waals surface area contributed by atoms with E-state index in [9.17, 15) is 14.7 Å². The second-order valence-electron chi connectivity index (χ2n) is 4.80. The van der Waals surface area contributed by atoms with Gasteiger partial charge in [0.25, 0.3) is 0 Å². The number of nitrogens with one attached hydrogen (secondary N) is 2. The predicted octanol–water partition coefficient (Wildman–Crippen LogP) is 1.72. The summed E-state index contributed by atoms with van der Waals surface area (Å²) in [4.78, 5) is 22.7. The molecule has 0 saturated carbocycles. The van der Waals surface area contributed by atoms with Crippen molar-refractivity contribution in [3.05, 3.63) is 53.6 Å². The number of rotatable bonds is 9. The van der Waals surface area contributed by atoms with Crippen LogP contribution in [0, 0.1) is 0 Å². The van der Waals surface area contributed by atoms with Crippen LogP contribution in [0.15, 0.2) is 37.4 Å². The second kappa shape index (κ2) is 9.59. The number of nitrogens with two attached hydrogens (primary N) is 1. The molecule has 7 nitrogen and oxygen atoms in total. The zero-order valence-corrected chi connectivity index (χ0v) is 13.8. The summed E-state index contributed by atoms with van der Waals surface area (Å²) in [7, 11) is 0. The third-order valence-electron chi connectivity index (χ3n) is 3.02. The van der Waals surface area contributed by atoms with Crippen molar-refractivity contribution in [1.82, 2.24) is 10.6 Å². The first kappa shape index (κ1) is 19.5. The molecule has 0 aliphatic heterocycles. The molecule has 1 rings (SSSR count). The van der Waals surface area contributed by atoms with Crippen molar-refractivity contribution in [2.24, 2.45) is 5.73 Å². The first-order chi connectivity index (χ1) is 11.4. The molecule has 0 unspecified atom stereocenters. The molecule has 0 saturated heterocycles. The van der Waals surface area contributed by atoms with E-state index in [1.165, 1.54) is 6.08 Å². The van der Waals surface area contributed by atoms with Crippen LogP contribution in [-0.2, 0) is 16.1 Å². The normalized spacial score (nSPS) is 11.2. The monoisotopic (exact) mass is 353 g/mol. The summed E-state index contributed by atoms with van der Waals surface area (Å²) in [6.45, 7) is 7.38. The van der Waals surface area contributed by atoms with Crippen LogP contribution in [0.5, 0.6) is 0 Å². The van der Waals surface area contributed by atoms with E-state index in [-0.39, 0.29) is 13.2 Å². The largest absolute Gasteiger partial charge is 0.480 e. The molecule has 1 aromatic carbocycles. The first-order valence-electron chi connectivity index (χ1n) is 7.07. The van der Waals surface area contributed by atoms with E-state index in [1.807, 2.05) is 0 Å². The van der Waals surface area contributed by atoms with Gasteiger partial charge in [-0.15, -0.1) is 0 Å². The molecule has 0 aliphatic rings.